The number of fused-ring (bicyclic) bond motifs is 2. The van der Waals surface area contributed by atoms with Crippen LogP contribution >= 0.6 is 0 Å². The van der Waals surface area contributed by atoms with Gasteiger partial charge in [0.2, 0.25) is 0 Å². The largest absolute Gasteiger partial charge is 0.281 e. The van der Waals surface area contributed by atoms with E-state index in [0.29, 0.717) is 11.8 Å². The number of hydrogen-bond acceptors (Lipinski definition) is 2. The highest BCUT2D eigenvalue weighted by atomic mass is 15.3. The van der Waals surface area contributed by atoms with Crippen LogP contribution in [0, 0.1) is 0 Å². The molecule has 0 unspecified atom stereocenters. The zero-order chi connectivity index (χ0) is 20.0. The number of hydrogen-bond donors (Lipinski definition) is 1. The smallest absolute Gasteiger partial charge is 0.0923 e. The molecule has 0 atom stereocenters. The number of nitrogens with zero attached hydrogens (tertiary/aromatic N) is 3. The molecule has 4 rings (SSSR count). The molecule has 4 heteroatoms. The van der Waals surface area contributed by atoms with Gasteiger partial charge in [-0.2, -0.15) is 10.2 Å². The number of aromatic nitrogens is 4. The second kappa shape index (κ2) is 9.36. The van der Waals surface area contributed by atoms with Crippen molar-refractivity contribution in [1.82, 2.24) is 20.0 Å². The molecule has 144 valence electrons. The zero-order valence-electron chi connectivity index (χ0n) is 17.6. The van der Waals surface area contributed by atoms with E-state index in [1.54, 1.807) is 0 Å². The normalized spacial score (nSPS) is 10.7. The van der Waals surface area contributed by atoms with Gasteiger partial charge in [0.1, 0.15) is 0 Å². The molecule has 2 heterocycles. The van der Waals surface area contributed by atoms with Crippen molar-refractivity contribution < 1.29 is 0 Å². The molecule has 0 saturated carbocycles. The van der Waals surface area contributed by atoms with Crippen LogP contribution < -0.4 is 0 Å². The summed E-state index contributed by atoms with van der Waals surface area (Å²) in [5.74, 6) is 1.00. The van der Waals surface area contributed by atoms with Crippen LogP contribution in [0.15, 0.2) is 48.5 Å². The number of H-pyrrole nitrogens is 1. The Morgan fingerprint density at radius 2 is 1.41 bits per heavy atom. The summed E-state index contributed by atoms with van der Waals surface area (Å²) < 4.78 is 1.95. The highest BCUT2D eigenvalue weighted by Crippen LogP contribution is 2.23. The maximum atomic E-state index is 4.51. The SMILES string of the molecule is CC.CC(C)c1[nH]nc2ccccc12.CC(C)c1nn(C)c2ccccc12. The molecule has 0 aliphatic heterocycles. The number of benzene rings is 2. The molecule has 0 bridgehead atoms. The summed E-state index contributed by atoms with van der Waals surface area (Å²) in [4.78, 5) is 0. The predicted molar refractivity (Wildman–Crippen MR) is 116 cm³/mol. The molecule has 0 aliphatic carbocycles. The summed E-state index contributed by atoms with van der Waals surface area (Å²) in [6.45, 7) is 12.7. The van der Waals surface area contributed by atoms with Crippen LogP contribution in [0.3, 0.4) is 0 Å². The van der Waals surface area contributed by atoms with E-state index in [1.807, 2.05) is 49.8 Å². The van der Waals surface area contributed by atoms with Gasteiger partial charge in [-0.1, -0.05) is 77.9 Å². The van der Waals surface area contributed by atoms with Gasteiger partial charge in [0.05, 0.1) is 16.7 Å². The average molecular weight is 365 g/mol. The summed E-state index contributed by atoms with van der Waals surface area (Å²) in [6.07, 6.45) is 0. The van der Waals surface area contributed by atoms with Gasteiger partial charge >= 0.3 is 0 Å². The van der Waals surface area contributed by atoms with Crippen LogP contribution in [0.2, 0.25) is 0 Å². The summed E-state index contributed by atoms with van der Waals surface area (Å²) in [5.41, 5.74) is 4.69. The van der Waals surface area contributed by atoms with Gasteiger partial charge in [0, 0.05) is 23.5 Å². The van der Waals surface area contributed by atoms with Crippen molar-refractivity contribution in [2.45, 2.75) is 53.4 Å². The van der Waals surface area contributed by atoms with Gasteiger partial charge in [0.15, 0.2) is 0 Å². The third kappa shape index (κ3) is 4.57. The molecule has 0 fully saturated rings. The maximum absolute atomic E-state index is 4.51. The van der Waals surface area contributed by atoms with E-state index in [9.17, 15) is 0 Å². The lowest BCUT2D eigenvalue weighted by atomic mass is 10.1. The highest BCUT2D eigenvalue weighted by molar-refractivity contribution is 5.82. The minimum absolute atomic E-state index is 0.492. The molecule has 1 N–H and O–H groups in total. The molecule has 0 aliphatic rings. The topological polar surface area (TPSA) is 46.5 Å². The first-order valence-electron chi connectivity index (χ1n) is 9.83. The van der Waals surface area contributed by atoms with E-state index in [-0.39, 0.29) is 0 Å². The Bertz CT molecular complexity index is 976. The molecular formula is C23H32N4. The number of para-hydroxylation sites is 2. The van der Waals surface area contributed by atoms with E-state index >= 15 is 0 Å². The number of aromatic amines is 1. The Labute approximate surface area is 162 Å². The molecule has 2 aromatic carbocycles. The molecule has 0 amide bonds. The third-order valence-electron chi connectivity index (χ3n) is 4.40. The highest BCUT2D eigenvalue weighted by Gasteiger charge is 2.10. The fraction of sp³-hybridized carbons (Fsp3) is 0.391. The van der Waals surface area contributed by atoms with Crippen LogP contribution in [0.25, 0.3) is 21.8 Å². The second-order valence-electron chi connectivity index (χ2n) is 6.99. The Morgan fingerprint density at radius 1 is 0.815 bits per heavy atom. The molecule has 0 saturated heterocycles. The van der Waals surface area contributed by atoms with Crippen LogP contribution in [0.1, 0.15) is 64.8 Å². The van der Waals surface area contributed by atoms with Crippen molar-refractivity contribution in [3.8, 4) is 0 Å². The first kappa shape index (κ1) is 20.7. The van der Waals surface area contributed by atoms with Gasteiger partial charge in [-0.25, -0.2) is 0 Å². The molecular weight excluding hydrogens is 332 g/mol. The fourth-order valence-corrected chi connectivity index (χ4v) is 3.09. The van der Waals surface area contributed by atoms with Crippen molar-refractivity contribution in [3.63, 3.8) is 0 Å². The van der Waals surface area contributed by atoms with Crippen molar-refractivity contribution in [2.75, 3.05) is 0 Å². The lowest BCUT2D eigenvalue weighted by molar-refractivity contribution is 0.729. The van der Waals surface area contributed by atoms with E-state index in [1.165, 1.54) is 27.7 Å². The summed E-state index contributed by atoms with van der Waals surface area (Å²) in [7, 11) is 1.99. The average Bonchev–Trinajstić information content (AvgIpc) is 3.26. The predicted octanol–water partition coefficient (Wildman–Crippen LogP) is 6.41. The van der Waals surface area contributed by atoms with Gasteiger partial charge in [0.25, 0.3) is 0 Å². The standard InChI is InChI=1S/C11H14N2.C10H12N2.C2H6/c1-8(2)11-9-6-4-5-7-10(9)13(3)12-11;1-7(2)10-8-5-3-4-6-9(8)11-12-10;1-2/h4-8H,1-3H3;3-7H,1-2H3,(H,11,12);1-2H3. The molecule has 2 aromatic heterocycles. The molecule has 27 heavy (non-hydrogen) atoms. The van der Waals surface area contributed by atoms with Gasteiger partial charge < -0.3 is 0 Å². The lowest BCUT2D eigenvalue weighted by Gasteiger charge is -1.99. The van der Waals surface area contributed by atoms with Gasteiger partial charge in [-0.3, -0.25) is 9.78 Å². The minimum Gasteiger partial charge on any atom is -0.281 e. The van der Waals surface area contributed by atoms with Crippen molar-refractivity contribution >= 4 is 21.8 Å². The Balaban J connectivity index is 0.000000178. The van der Waals surface area contributed by atoms with Crippen molar-refractivity contribution in [3.05, 3.63) is 59.9 Å². The monoisotopic (exact) mass is 364 g/mol. The Kier molecular flexibility index (Phi) is 7.17. The Hall–Kier alpha value is -2.62. The van der Waals surface area contributed by atoms with E-state index in [2.05, 4.69) is 67.3 Å². The van der Waals surface area contributed by atoms with Crippen LogP contribution in [0.5, 0.6) is 0 Å². The molecule has 0 spiro atoms. The van der Waals surface area contributed by atoms with E-state index in [4.69, 9.17) is 0 Å². The zero-order valence-corrected chi connectivity index (χ0v) is 17.6. The third-order valence-corrected chi connectivity index (χ3v) is 4.40. The van der Waals surface area contributed by atoms with Gasteiger partial charge in [-0.15, -0.1) is 0 Å². The summed E-state index contributed by atoms with van der Waals surface area (Å²) >= 11 is 0. The minimum atomic E-state index is 0.492. The first-order chi connectivity index (χ1) is 13.0. The summed E-state index contributed by atoms with van der Waals surface area (Å²) in [5, 5.41) is 14.3. The van der Waals surface area contributed by atoms with Crippen LogP contribution in [0.4, 0.5) is 0 Å². The maximum Gasteiger partial charge on any atom is 0.0923 e. The molecule has 4 aromatic rings. The molecule has 4 nitrogen and oxygen atoms in total. The van der Waals surface area contributed by atoms with Crippen LogP contribution in [-0.4, -0.2) is 20.0 Å². The second-order valence-corrected chi connectivity index (χ2v) is 6.99. The van der Waals surface area contributed by atoms with Crippen molar-refractivity contribution in [2.24, 2.45) is 7.05 Å². The Morgan fingerprint density at radius 3 is 2.04 bits per heavy atom. The number of rotatable bonds is 2. The van der Waals surface area contributed by atoms with Crippen molar-refractivity contribution in [1.29, 1.82) is 0 Å². The van der Waals surface area contributed by atoms with E-state index < -0.39 is 0 Å². The fourth-order valence-electron chi connectivity index (χ4n) is 3.09. The number of aryl methyl sites for hydroxylation is 1. The van der Waals surface area contributed by atoms with Crippen LogP contribution in [-0.2, 0) is 7.05 Å². The lowest BCUT2D eigenvalue weighted by Crippen LogP contribution is -1.92. The quantitative estimate of drug-likeness (QED) is 0.447. The van der Waals surface area contributed by atoms with Gasteiger partial charge in [-0.05, 0) is 24.0 Å². The summed E-state index contributed by atoms with van der Waals surface area (Å²) in [6, 6.07) is 16.5. The first-order valence-corrected chi connectivity index (χ1v) is 9.83. The van der Waals surface area contributed by atoms with E-state index in [0.717, 1.165) is 5.52 Å². The molecule has 0 radical (unpaired) electrons. The number of nitrogens with one attached hydrogen (secondary N) is 1.